The number of rotatable bonds is 2. The van der Waals surface area contributed by atoms with E-state index in [0.717, 1.165) is 23.9 Å². The van der Waals surface area contributed by atoms with Crippen LogP contribution in [0.2, 0.25) is 0 Å². The molecule has 1 saturated heterocycles. The van der Waals surface area contributed by atoms with E-state index in [4.69, 9.17) is 12.2 Å². The first-order valence-corrected chi connectivity index (χ1v) is 6.06. The predicted molar refractivity (Wildman–Crippen MR) is 73.1 cm³/mol. The van der Waals surface area contributed by atoms with Crippen molar-refractivity contribution in [3.8, 4) is 11.5 Å². The number of thioether (sulfide) groups is 1. The average Bonchev–Trinajstić information content (AvgIpc) is 2.62. The number of phenols is 2. The molecule has 19 heavy (non-hydrogen) atoms. The number of carbonyl (C=O) groups excluding carboxylic acids is 1. The van der Waals surface area contributed by atoms with Crippen LogP contribution in [0.5, 0.6) is 11.5 Å². The second-order valence-electron chi connectivity index (χ2n) is 3.52. The molecule has 0 spiro atoms. The van der Waals surface area contributed by atoms with E-state index in [1.807, 2.05) is 0 Å². The van der Waals surface area contributed by atoms with Gasteiger partial charge in [-0.3, -0.25) is 14.9 Å². The van der Waals surface area contributed by atoms with Crippen molar-refractivity contribution in [2.24, 2.45) is 0 Å². The van der Waals surface area contributed by atoms with Crippen molar-refractivity contribution < 1.29 is 19.9 Å². The van der Waals surface area contributed by atoms with Crippen LogP contribution in [-0.2, 0) is 0 Å². The number of nitro groups is 1. The minimum Gasteiger partial charge on any atom is -0.504 e. The van der Waals surface area contributed by atoms with Crippen LogP contribution < -0.4 is 5.32 Å². The molecule has 0 aliphatic carbocycles. The zero-order valence-electron chi connectivity index (χ0n) is 9.11. The van der Waals surface area contributed by atoms with Crippen molar-refractivity contribution in [2.45, 2.75) is 0 Å². The number of phenolic OH excluding ortho intramolecular Hbond substituents is 2. The monoisotopic (exact) mass is 298 g/mol. The Labute approximate surface area is 116 Å². The number of aromatic hydroxyl groups is 2. The van der Waals surface area contributed by atoms with Crippen molar-refractivity contribution in [2.75, 3.05) is 0 Å². The Morgan fingerprint density at radius 2 is 2.11 bits per heavy atom. The molecule has 1 amide bonds. The van der Waals surface area contributed by atoms with E-state index in [1.54, 1.807) is 0 Å². The molecule has 3 N–H and O–H groups in total. The van der Waals surface area contributed by atoms with Gasteiger partial charge in [0.15, 0.2) is 5.75 Å². The molecule has 9 heteroatoms. The van der Waals surface area contributed by atoms with E-state index < -0.39 is 22.1 Å². The number of carbonyl (C=O) groups is 1. The summed E-state index contributed by atoms with van der Waals surface area (Å²) in [6.45, 7) is 0. The Kier molecular flexibility index (Phi) is 3.40. The van der Waals surface area contributed by atoms with Gasteiger partial charge in [0.2, 0.25) is 5.75 Å². The summed E-state index contributed by atoms with van der Waals surface area (Å²) < 4.78 is 0. The highest BCUT2D eigenvalue weighted by atomic mass is 32.2. The Morgan fingerprint density at radius 3 is 2.63 bits per heavy atom. The number of nitrogens with one attached hydrogen (secondary N) is 1. The van der Waals surface area contributed by atoms with Crippen LogP contribution in [0.25, 0.3) is 6.08 Å². The SMILES string of the molecule is O=C1NC(=S)C(=Cc2cc(O)c(O)c([N+](=O)[O-])c2)S1. The number of thiocarbonyl (C=S) groups is 1. The minimum atomic E-state index is -0.819. The van der Waals surface area contributed by atoms with Crippen molar-refractivity contribution in [3.63, 3.8) is 0 Å². The number of hydrogen-bond donors (Lipinski definition) is 3. The second kappa shape index (κ2) is 4.86. The first-order valence-electron chi connectivity index (χ1n) is 4.83. The molecular formula is C10H6N2O5S2. The molecule has 7 nitrogen and oxygen atoms in total. The van der Waals surface area contributed by atoms with Gasteiger partial charge in [0.05, 0.1) is 9.83 Å². The fourth-order valence-electron chi connectivity index (χ4n) is 1.42. The van der Waals surface area contributed by atoms with E-state index in [0.29, 0.717) is 4.91 Å². The molecule has 0 aromatic heterocycles. The molecule has 1 aromatic rings. The van der Waals surface area contributed by atoms with Crippen LogP contribution in [-0.4, -0.2) is 25.4 Å². The van der Waals surface area contributed by atoms with Crippen molar-refractivity contribution >= 4 is 46.0 Å². The number of amides is 1. The molecule has 1 fully saturated rings. The van der Waals surface area contributed by atoms with Crippen LogP contribution in [0.3, 0.4) is 0 Å². The molecule has 0 saturated carbocycles. The Hall–Kier alpha value is -2.13. The number of nitrogens with zero attached hydrogens (tertiary/aromatic N) is 1. The maximum atomic E-state index is 11.1. The zero-order chi connectivity index (χ0) is 14.2. The van der Waals surface area contributed by atoms with Gasteiger partial charge >= 0.3 is 5.69 Å². The van der Waals surface area contributed by atoms with E-state index in [1.165, 1.54) is 6.08 Å². The maximum absolute atomic E-state index is 11.1. The molecule has 98 valence electrons. The van der Waals surface area contributed by atoms with Crippen LogP contribution in [0, 0.1) is 10.1 Å². The van der Waals surface area contributed by atoms with Gasteiger partial charge in [-0.1, -0.05) is 12.2 Å². The topological polar surface area (TPSA) is 113 Å². The van der Waals surface area contributed by atoms with E-state index in [2.05, 4.69) is 5.32 Å². The van der Waals surface area contributed by atoms with Crippen molar-refractivity contribution in [1.29, 1.82) is 0 Å². The molecule has 0 atom stereocenters. The average molecular weight is 298 g/mol. The normalized spacial score (nSPS) is 16.7. The largest absolute Gasteiger partial charge is 0.504 e. The predicted octanol–water partition coefficient (Wildman–Crippen LogP) is 2.13. The van der Waals surface area contributed by atoms with Crippen LogP contribution in [0.1, 0.15) is 5.56 Å². The molecule has 1 aliphatic heterocycles. The summed E-state index contributed by atoms with van der Waals surface area (Å²) in [6.07, 6.45) is 1.41. The van der Waals surface area contributed by atoms with Crippen LogP contribution in [0.4, 0.5) is 10.5 Å². The third kappa shape index (κ3) is 2.66. The molecular weight excluding hydrogens is 292 g/mol. The molecule has 1 aromatic carbocycles. The first kappa shape index (κ1) is 13.3. The van der Waals surface area contributed by atoms with Crippen LogP contribution in [0.15, 0.2) is 17.0 Å². The number of hydrogen-bond acceptors (Lipinski definition) is 7. The summed E-state index contributed by atoms with van der Waals surface area (Å²) in [5, 5.41) is 31.5. The lowest BCUT2D eigenvalue weighted by Crippen LogP contribution is -2.15. The number of nitro benzene ring substituents is 1. The summed E-state index contributed by atoms with van der Waals surface area (Å²) in [4.78, 5) is 21.6. The van der Waals surface area contributed by atoms with Gasteiger partial charge in [0.25, 0.3) is 5.24 Å². The molecule has 0 bridgehead atoms. The van der Waals surface area contributed by atoms with Gasteiger partial charge in [0.1, 0.15) is 4.99 Å². The quantitative estimate of drug-likeness (QED) is 0.252. The molecule has 0 radical (unpaired) electrons. The Morgan fingerprint density at radius 1 is 1.42 bits per heavy atom. The zero-order valence-corrected chi connectivity index (χ0v) is 10.7. The molecule has 0 unspecified atom stereocenters. The lowest BCUT2D eigenvalue weighted by atomic mass is 10.1. The fourth-order valence-corrected chi connectivity index (χ4v) is 2.45. The van der Waals surface area contributed by atoms with E-state index in [-0.39, 0.29) is 15.8 Å². The molecule has 1 heterocycles. The summed E-state index contributed by atoms with van der Waals surface area (Å²) in [7, 11) is 0. The Balaban J connectivity index is 2.47. The van der Waals surface area contributed by atoms with E-state index >= 15 is 0 Å². The first-order chi connectivity index (χ1) is 8.88. The standard InChI is InChI=1S/C10H6N2O5S2/c13-6-2-4(1-5(8(6)14)12(16)17)3-7-9(18)11-10(15)19-7/h1-3,13-14H,(H,11,15,18). The van der Waals surface area contributed by atoms with Crippen LogP contribution >= 0.6 is 24.0 Å². The smallest absolute Gasteiger partial charge is 0.315 e. The third-order valence-corrected chi connectivity index (χ3v) is 3.51. The highest BCUT2D eigenvalue weighted by molar-refractivity contribution is 8.19. The van der Waals surface area contributed by atoms with Gasteiger partial charge < -0.3 is 15.5 Å². The van der Waals surface area contributed by atoms with Crippen molar-refractivity contribution in [1.82, 2.24) is 5.32 Å². The lowest BCUT2D eigenvalue weighted by molar-refractivity contribution is -0.386. The fraction of sp³-hybridized carbons (Fsp3) is 0. The van der Waals surface area contributed by atoms with Gasteiger partial charge in [-0.2, -0.15) is 0 Å². The minimum absolute atomic E-state index is 0.213. The maximum Gasteiger partial charge on any atom is 0.315 e. The van der Waals surface area contributed by atoms with Gasteiger partial charge in [0, 0.05) is 6.07 Å². The summed E-state index contributed by atoms with van der Waals surface area (Å²) >= 11 is 5.74. The van der Waals surface area contributed by atoms with Gasteiger partial charge in [-0.25, -0.2) is 0 Å². The Bertz CT molecular complexity index is 641. The molecule has 1 aliphatic rings. The van der Waals surface area contributed by atoms with Gasteiger partial charge in [-0.15, -0.1) is 0 Å². The van der Waals surface area contributed by atoms with Crippen molar-refractivity contribution in [3.05, 3.63) is 32.7 Å². The van der Waals surface area contributed by atoms with E-state index in [9.17, 15) is 25.1 Å². The second-order valence-corrected chi connectivity index (χ2v) is 4.94. The molecule has 2 rings (SSSR count). The number of benzene rings is 1. The van der Waals surface area contributed by atoms with Gasteiger partial charge in [-0.05, 0) is 29.5 Å². The highest BCUT2D eigenvalue weighted by Gasteiger charge is 2.23. The third-order valence-electron chi connectivity index (χ3n) is 2.23. The summed E-state index contributed by atoms with van der Waals surface area (Å²) in [5.41, 5.74) is -0.372. The summed E-state index contributed by atoms with van der Waals surface area (Å²) in [5.74, 6) is -1.42. The lowest BCUT2D eigenvalue weighted by Gasteiger charge is -2.02. The highest BCUT2D eigenvalue weighted by Crippen LogP contribution is 2.37. The summed E-state index contributed by atoms with van der Waals surface area (Å²) in [6, 6.07) is 2.22.